The van der Waals surface area contributed by atoms with Crippen LogP contribution in [0.5, 0.6) is 5.75 Å². The first kappa shape index (κ1) is 46.5. The van der Waals surface area contributed by atoms with E-state index < -0.39 is 60.0 Å². The first-order chi connectivity index (χ1) is 23.7. The van der Waals surface area contributed by atoms with Gasteiger partial charge < -0.3 is 36.0 Å². The number of hydrogen-bond donors (Lipinski definition) is 6. The highest BCUT2D eigenvalue weighted by Gasteiger charge is 2.39. The number of aromatic amines is 1. The van der Waals surface area contributed by atoms with Gasteiger partial charge in [0.25, 0.3) is 0 Å². The Morgan fingerprint density at radius 1 is 0.885 bits per heavy atom. The second-order valence-electron chi connectivity index (χ2n) is 9.75. The Bertz CT molecular complexity index is 1560. The normalized spacial score (nSPS) is 11.8. The molecule has 0 radical (unpaired) electrons. The highest BCUT2D eigenvalue weighted by Crippen LogP contribution is 2.34. The number of alkyl halides is 9. The quantitative estimate of drug-likeness (QED) is 0.123. The fourth-order valence-electron chi connectivity index (χ4n) is 3.01. The van der Waals surface area contributed by atoms with Crippen molar-refractivity contribution in [3.8, 4) is 16.9 Å². The predicted molar refractivity (Wildman–Crippen MR) is 156 cm³/mol. The summed E-state index contributed by atoms with van der Waals surface area (Å²) in [6.45, 7) is 1.18. The van der Waals surface area contributed by atoms with Gasteiger partial charge in [-0.05, 0) is 44.3 Å². The number of carbonyl (C=O) groups is 4. The minimum absolute atomic E-state index is 0.145. The molecule has 0 aliphatic heterocycles. The average molecular weight is 772 g/mol. The lowest BCUT2D eigenvalue weighted by Gasteiger charge is -2.18. The maximum absolute atomic E-state index is 14.8. The molecule has 3 rings (SSSR count). The third-order valence-corrected chi connectivity index (χ3v) is 5.36. The summed E-state index contributed by atoms with van der Waals surface area (Å²) in [4.78, 5) is 41.4. The Balaban J connectivity index is 0.00000101. The standard InChI is InChI=1S/C22H25F2N5O2.3C2HF3O2/c1-29(2)7-4-8-31-20-10-17(15-12-26-27-13-15)18(24)11-19(20)28-22(30)21(25)14-5-3-6-16(23)9-14;3*3-2(4,5)1(6)7/h3,5-6,9-13,21H,4,7-8,25H2,1-2H3,(H,26,27)(H,28,30);3*(H,6,7). The SMILES string of the molecule is CN(C)CCCOc1cc(-c2cn[nH]c2)c(F)cc1NC(=O)C(N)c1cccc(F)c1.O=C(O)C(F)(F)F.O=C(O)C(F)(F)F.O=C(O)C(F)(F)F. The molecule has 0 aliphatic rings. The van der Waals surface area contributed by atoms with Crippen molar-refractivity contribution in [2.45, 2.75) is 31.0 Å². The molecule has 0 bridgehead atoms. The molecule has 7 N–H and O–H groups in total. The molecular weight excluding hydrogens is 743 g/mol. The highest BCUT2D eigenvalue weighted by atomic mass is 19.4. The van der Waals surface area contributed by atoms with E-state index in [1.807, 2.05) is 19.0 Å². The second kappa shape index (κ2) is 20.4. The zero-order valence-corrected chi connectivity index (χ0v) is 26.3. The molecular formula is C28H28F11N5O8. The zero-order valence-electron chi connectivity index (χ0n) is 26.3. The van der Waals surface area contributed by atoms with E-state index >= 15 is 0 Å². The van der Waals surface area contributed by atoms with E-state index in [4.69, 9.17) is 40.2 Å². The molecule has 3 aromatic rings. The van der Waals surface area contributed by atoms with Gasteiger partial charge in [-0.2, -0.15) is 44.6 Å². The Hall–Kier alpha value is -5.52. The lowest BCUT2D eigenvalue weighted by molar-refractivity contribution is -0.193. The van der Waals surface area contributed by atoms with Crippen molar-refractivity contribution in [2.75, 3.05) is 32.6 Å². The van der Waals surface area contributed by atoms with E-state index in [-0.39, 0.29) is 11.3 Å². The number of carboxylic acids is 3. The fraction of sp³-hybridized carbons (Fsp3) is 0.321. The minimum Gasteiger partial charge on any atom is -0.491 e. The molecule has 1 amide bonds. The molecule has 52 heavy (non-hydrogen) atoms. The molecule has 0 fully saturated rings. The summed E-state index contributed by atoms with van der Waals surface area (Å²) in [5.41, 5.74) is 7.25. The topological polar surface area (TPSA) is 208 Å². The molecule has 1 heterocycles. The molecule has 1 aromatic heterocycles. The fourth-order valence-corrected chi connectivity index (χ4v) is 3.01. The third-order valence-electron chi connectivity index (χ3n) is 5.36. The van der Waals surface area contributed by atoms with Crippen LogP contribution < -0.4 is 15.8 Å². The molecule has 2 aromatic carbocycles. The Morgan fingerprint density at radius 2 is 1.38 bits per heavy atom. The van der Waals surface area contributed by atoms with Crippen molar-refractivity contribution >= 4 is 29.5 Å². The van der Waals surface area contributed by atoms with E-state index in [1.165, 1.54) is 36.5 Å². The van der Waals surface area contributed by atoms with Gasteiger partial charge in [0.05, 0.1) is 18.5 Å². The van der Waals surface area contributed by atoms with Crippen molar-refractivity contribution in [3.05, 3.63) is 66.0 Å². The molecule has 0 aliphatic carbocycles. The lowest BCUT2D eigenvalue weighted by atomic mass is 10.1. The van der Waals surface area contributed by atoms with E-state index in [9.17, 15) is 53.1 Å². The number of nitrogens with zero attached hydrogens (tertiary/aromatic N) is 2. The number of carboxylic acid groups (broad SMARTS) is 3. The molecule has 13 nitrogen and oxygen atoms in total. The van der Waals surface area contributed by atoms with Crippen LogP contribution in [0.15, 0.2) is 48.8 Å². The summed E-state index contributed by atoms with van der Waals surface area (Å²) < 4.78 is 129. The first-order valence-electron chi connectivity index (χ1n) is 13.5. The number of benzene rings is 2. The average Bonchev–Trinajstić information content (AvgIpc) is 3.54. The number of halogens is 11. The zero-order chi connectivity index (χ0) is 40.6. The number of carbonyl (C=O) groups excluding carboxylic acids is 1. The van der Waals surface area contributed by atoms with E-state index in [2.05, 4.69) is 15.5 Å². The van der Waals surface area contributed by atoms with E-state index in [1.54, 1.807) is 12.3 Å². The minimum atomic E-state index is -5.08. The molecule has 1 atom stereocenters. The van der Waals surface area contributed by atoms with Crippen LogP contribution in [-0.4, -0.2) is 100 Å². The van der Waals surface area contributed by atoms with Crippen molar-refractivity contribution in [1.82, 2.24) is 15.1 Å². The largest absolute Gasteiger partial charge is 0.491 e. The summed E-state index contributed by atoms with van der Waals surface area (Å²) in [7, 11) is 3.91. The van der Waals surface area contributed by atoms with Crippen molar-refractivity contribution < 1.29 is 87.5 Å². The van der Waals surface area contributed by atoms with Gasteiger partial charge in [0.2, 0.25) is 5.91 Å². The van der Waals surface area contributed by atoms with Gasteiger partial charge in [-0.1, -0.05) is 12.1 Å². The van der Waals surface area contributed by atoms with Crippen molar-refractivity contribution in [3.63, 3.8) is 0 Å². The van der Waals surface area contributed by atoms with Crippen LogP contribution in [0.2, 0.25) is 0 Å². The molecule has 1 unspecified atom stereocenters. The number of amides is 1. The predicted octanol–water partition coefficient (Wildman–Crippen LogP) is 5.22. The van der Waals surface area contributed by atoms with Gasteiger partial charge in [-0.3, -0.25) is 9.89 Å². The monoisotopic (exact) mass is 771 g/mol. The first-order valence-corrected chi connectivity index (χ1v) is 13.5. The van der Waals surface area contributed by atoms with Crippen LogP contribution in [-0.2, 0) is 19.2 Å². The van der Waals surface area contributed by atoms with Gasteiger partial charge in [0.1, 0.15) is 23.4 Å². The lowest BCUT2D eigenvalue weighted by Crippen LogP contribution is -2.28. The number of anilines is 1. The third kappa shape index (κ3) is 17.9. The van der Waals surface area contributed by atoms with Crippen LogP contribution >= 0.6 is 0 Å². The van der Waals surface area contributed by atoms with Gasteiger partial charge in [-0.15, -0.1) is 0 Å². The van der Waals surface area contributed by atoms with E-state index in [0.717, 1.165) is 13.0 Å². The number of nitrogens with one attached hydrogen (secondary N) is 2. The molecule has 0 saturated carbocycles. The Labute approximate surface area is 284 Å². The van der Waals surface area contributed by atoms with Crippen LogP contribution in [0.4, 0.5) is 54.0 Å². The summed E-state index contributed by atoms with van der Waals surface area (Å²) in [5.74, 6) is -9.64. The van der Waals surface area contributed by atoms with Gasteiger partial charge >= 0.3 is 36.4 Å². The van der Waals surface area contributed by atoms with Crippen LogP contribution in [0, 0.1) is 11.6 Å². The number of H-pyrrole nitrogens is 1. The second-order valence-corrected chi connectivity index (χ2v) is 9.75. The van der Waals surface area contributed by atoms with Gasteiger partial charge in [-0.25, -0.2) is 23.2 Å². The smallest absolute Gasteiger partial charge is 0.490 e. The van der Waals surface area contributed by atoms with Crippen LogP contribution in [0.25, 0.3) is 11.1 Å². The summed E-state index contributed by atoms with van der Waals surface area (Å²) in [6, 6.07) is 7.03. The summed E-state index contributed by atoms with van der Waals surface area (Å²) in [6.07, 6.45) is -11.5. The molecule has 0 spiro atoms. The van der Waals surface area contributed by atoms with Crippen LogP contribution in [0.3, 0.4) is 0 Å². The number of aromatic nitrogens is 2. The Morgan fingerprint density at radius 3 is 1.79 bits per heavy atom. The maximum Gasteiger partial charge on any atom is 0.490 e. The summed E-state index contributed by atoms with van der Waals surface area (Å²) >= 11 is 0. The van der Waals surface area contributed by atoms with Gasteiger partial charge in [0.15, 0.2) is 0 Å². The molecule has 24 heteroatoms. The highest BCUT2D eigenvalue weighted by molar-refractivity contribution is 5.97. The number of aliphatic carboxylic acids is 3. The van der Waals surface area contributed by atoms with Gasteiger partial charge in [0, 0.05) is 29.9 Å². The summed E-state index contributed by atoms with van der Waals surface area (Å²) in [5, 5.41) is 30.5. The Kier molecular flexibility index (Phi) is 18.2. The number of nitrogens with two attached hydrogens (primary N) is 1. The van der Waals surface area contributed by atoms with E-state index in [0.29, 0.717) is 23.5 Å². The number of hydrogen-bond acceptors (Lipinski definition) is 8. The van der Waals surface area contributed by atoms with Crippen molar-refractivity contribution in [1.29, 1.82) is 0 Å². The van der Waals surface area contributed by atoms with Crippen LogP contribution in [0.1, 0.15) is 18.0 Å². The van der Waals surface area contributed by atoms with Crippen molar-refractivity contribution in [2.24, 2.45) is 5.73 Å². The maximum atomic E-state index is 14.8. The molecule has 0 saturated heterocycles. The number of rotatable bonds is 9. The number of ether oxygens (including phenoxy) is 1. The molecule has 290 valence electrons.